The summed E-state index contributed by atoms with van der Waals surface area (Å²) in [4.78, 5) is 40.8. The maximum absolute atomic E-state index is 14.4. The Morgan fingerprint density at radius 3 is 2.50 bits per heavy atom. The van der Waals surface area contributed by atoms with Crippen molar-refractivity contribution in [2.75, 3.05) is 50.9 Å². The molecule has 1 spiro atoms. The van der Waals surface area contributed by atoms with Gasteiger partial charge in [-0.2, -0.15) is 0 Å². The zero-order valence-corrected chi connectivity index (χ0v) is 27.9. The lowest BCUT2D eigenvalue weighted by molar-refractivity contribution is -0.144. The van der Waals surface area contributed by atoms with Crippen LogP contribution in [0.2, 0.25) is 0 Å². The molecule has 0 radical (unpaired) electrons. The molecule has 250 valence electrons. The molecule has 46 heavy (non-hydrogen) atoms. The summed E-state index contributed by atoms with van der Waals surface area (Å²) in [6.45, 7) is 9.76. The van der Waals surface area contributed by atoms with Crippen molar-refractivity contribution < 1.29 is 41.7 Å². The summed E-state index contributed by atoms with van der Waals surface area (Å²) in [6.07, 6.45) is 1.70. The number of sulfonamides is 1. The molecule has 2 aromatic carbocycles. The summed E-state index contributed by atoms with van der Waals surface area (Å²) >= 11 is 0. The third kappa shape index (κ3) is 6.58. The van der Waals surface area contributed by atoms with Crippen molar-refractivity contribution >= 4 is 33.4 Å². The van der Waals surface area contributed by atoms with Crippen LogP contribution in [0.25, 0.3) is 0 Å². The van der Waals surface area contributed by atoms with Crippen LogP contribution >= 0.6 is 0 Å². The Labute approximate surface area is 270 Å². The van der Waals surface area contributed by atoms with Crippen LogP contribution in [0.5, 0.6) is 11.5 Å². The summed E-state index contributed by atoms with van der Waals surface area (Å²) in [5.74, 6) is -0.469. The number of rotatable bonds is 10. The number of nitrogens with zero attached hydrogens (tertiary/aromatic N) is 2. The third-order valence-electron chi connectivity index (χ3n) is 8.62. The van der Waals surface area contributed by atoms with Gasteiger partial charge in [0.2, 0.25) is 5.91 Å². The van der Waals surface area contributed by atoms with Crippen LogP contribution in [0.4, 0.5) is 5.69 Å². The number of morpholine rings is 1. The fraction of sp³-hybridized carbons (Fsp3) is 0.545. The number of hydrogen-bond acceptors (Lipinski definition) is 9. The molecule has 0 bridgehead atoms. The van der Waals surface area contributed by atoms with Crippen LogP contribution in [0, 0.1) is 0 Å². The number of carbonyl (C=O) groups excluding carboxylic acids is 3. The van der Waals surface area contributed by atoms with E-state index in [4.69, 9.17) is 18.9 Å². The van der Waals surface area contributed by atoms with E-state index in [-0.39, 0.29) is 46.4 Å². The second kappa shape index (κ2) is 13.2. The van der Waals surface area contributed by atoms with Gasteiger partial charge in [0.15, 0.2) is 0 Å². The molecule has 2 fully saturated rings. The highest BCUT2D eigenvalue weighted by Gasteiger charge is 2.56. The summed E-state index contributed by atoms with van der Waals surface area (Å²) < 4.78 is 52.1. The Bertz CT molecular complexity index is 1590. The number of carbonyl (C=O) groups is 3. The van der Waals surface area contributed by atoms with E-state index >= 15 is 0 Å². The summed E-state index contributed by atoms with van der Waals surface area (Å²) in [7, 11) is -3.14. The van der Waals surface area contributed by atoms with Crippen molar-refractivity contribution in [2.24, 2.45) is 0 Å². The van der Waals surface area contributed by atoms with Gasteiger partial charge in [0.25, 0.3) is 21.8 Å². The number of hydrogen-bond donors (Lipinski definition) is 1. The van der Waals surface area contributed by atoms with Gasteiger partial charge >= 0.3 is 0 Å². The number of fused-ring (bicyclic) bond motifs is 2. The lowest BCUT2D eigenvalue weighted by Crippen LogP contribution is -2.46. The van der Waals surface area contributed by atoms with E-state index in [2.05, 4.69) is 5.32 Å². The van der Waals surface area contributed by atoms with Crippen LogP contribution in [-0.4, -0.2) is 89.3 Å². The Balaban J connectivity index is 1.41. The zero-order valence-electron chi connectivity index (χ0n) is 27.1. The smallest absolute Gasteiger partial charge is 0.274 e. The predicted molar refractivity (Wildman–Crippen MR) is 170 cm³/mol. The molecular formula is C33H43N3O9S. The molecule has 3 amide bonds. The van der Waals surface area contributed by atoms with Crippen LogP contribution in [0.15, 0.2) is 41.3 Å². The Morgan fingerprint density at radius 2 is 1.85 bits per heavy atom. The van der Waals surface area contributed by atoms with Gasteiger partial charge in [0.05, 0.1) is 44.1 Å². The maximum atomic E-state index is 14.4. The van der Waals surface area contributed by atoms with Gasteiger partial charge in [-0.3, -0.25) is 14.4 Å². The minimum atomic E-state index is -4.46. The fourth-order valence-corrected chi connectivity index (χ4v) is 8.02. The number of amides is 3. The van der Waals surface area contributed by atoms with Crippen LogP contribution in [0.3, 0.4) is 0 Å². The standard InChI is InChI=1S/C33H43N3O9S/c1-6-44-24-8-9-26-25(20-24)33(13-11-23(12-14-33)45-18-16-35-15-17-43-21-29(35)37)31(39)36(26)46(40,41)28-10-7-22(19-27(28)42-5)30(38)34-32(2,3)4/h7-10,19-20,23H,6,11-18,21H2,1-5H3,(H,34,38). The highest BCUT2D eigenvalue weighted by atomic mass is 32.2. The highest BCUT2D eigenvalue weighted by molar-refractivity contribution is 7.93. The molecule has 0 aromatic heterocycles. The van der Waals surface area contributed by atoms with Gasteiger partial charge in [-0.25, -0.2) is 12.7 Å². The first kappa shape index (κ1) is 33.7. The second-order valence-electron chi connectivity index (χ2n) is 12.8. The molecule has 2 heterocycles. The lowest BCUT2D eigenvalue weighted by Gasteiger charge is -2.36. The summed E-state index contributed by atoms with van der Waals surface area (Å²) in [6, 6.07) is 9.15. The number of nitrogens with one attached hydrogen (secondary N) is 1. The predicted octanol–water partition coefficient (Wildman–Crippen LogP) is 3.41. The molecule has 13 heteroatoms. The largest absolute Gasteiger partial charge is 0.495 e. The van der Waals surface area contributed by atoms with Crippen LogP contribution in [-0.2, 0) is 34.5 Å². The van der Waals surface area contributed by atoms with Crippen molar-refractivity contribution in [3.05, 3.63) is 47.5 Å². The molecule has 0 atom stereocenters. The minimum Gasteiger partial charge on any atom is -0.495 e. The molecule has 2 aromatic rings. The number of ether oxygens (including phenoxy) is 4. The molecule has 1 aliphatic carbocycles. The van der Waals surface area contributed by atoms with Crippen molar-refractivity contribution in [3.8, 4) is 11.5 Å². The first-order valence-corrected chi connectivity index (χ1v) is 17.1. The molecular weight excluding hydrogens is 614 g/mol. The number of methoxy groups -OCH3 is 1. The topological polar surface area (TPSA) is 141 Å². The van der Waals surface area contributed by atoms with E-state index in [1.54, 1.807) is 23.1 Å². The van der Waals surface area contributed by atoms with Gasteiger partial charge in [-0.15, -0.1) is 0 Å². The molecule has 2 aliphatic heterocycles. The first-order chi connectivity index (χ1) is 21.8. The lowest BCUT2D eigenvalue weighted by atomic mass is 9.69. The summed E-state index contributed by atoms with van der Waals surface area (Å²) in [5.41, 5.74) is -0.482. The van der Waals surface area contributed by atoms with Gasteiger partial charge in [-0.05, 0) is 95.3 Å². The van der Waals surface area contributed by atoms with Crippen molar-refractivity contribution in [2.45, 2.75) is 75.3 Å². The SMILES string of the molecule is CCOc1ccc2c(c1)C1(CCC(OCCN3CCOCC3=O)CC1)C(=O)N2S(=O)(=O)c1ccc(C(=O)NC(C)(C)C)cc1OC. The zero-order chi connectivity index (χ0) is 33.3. The van der Waals surface area contributed by atoms with Crippen LogP contribution < -0.4 is 19.1 Å². The quantitative estimate of drug-likeness (QED) is 0.407. The molecule has 0 unspecified atom stereocenters. The Morgan fingerprint density at radius 1 is 1.11 bits per heavy atom. The van der Waals surface area contributed by atoms with E-state index in [9.17, 15) is 22.8 Å². The molecule has 1 saturated heterocycles. The Kier molecular flexibility index (Phi) is 9.67. The molecule has 12 nitrogen and oxygen atoms in total. The van der Waals surface area contributed by atoms with E-state index in [0.29, 0.717) is 69.9 Å². The average Bonchev–Trinajstić information content (AvgIpc) is 3.25. The fourth-order valence-electron chi connectivity index (χ4n) is 6.37. The van der Waals surface area contributed by atoms with Gasteiger partial charge in [0, 0.05) is 24.2 Å². The van der Waals surface area contributed by atoms with Crippen molar-refractivity contribution in [1.29, 1.82) is 0 Å². The van der Waals surface area contributed by atoms with E-state index in [1.807, 2.05) is 27.7 Å². The Hall–Kier alpha value is -3.68. The van der Waals surface area contributed by atoms with Gasteiger partial charge in [0.1, 0.15) is 23.0 Å². The molecule has 3 aliphatic rings. The number of benzene rings is 2. The van der Waals surface area contributed by atoms with E-state index in [1.165, 1.54) is 25.3 Å². The minimum absolute atomic E-state index is 0.0429. The highest BCUT2D eigenvalue weighted by Crippen LogP contribution is 2.53. The van der Waals surface area contributed by atoms with Crippen molar-refractivity contribution in [3.63, 3.8) is 0 Å². The van der Waals surface area contributed by atoms with Gasteiger partial charge in [-0.1, -0.05) is 0 Å². The van der Waals surface area contributed by atoms with E-state index in [0.717, 1.165) is 4.31 Å². The average molecular weight is 658 g/mol. The van der Waals surface area contributed by atoms with E-state index < -0.39 is 26.9 Å². The van der Waals surface area contributed by atoms with Crippen LogP contribution in [0.1, 0.15) is 69.3 Å². The maximum Gasteiger partial charge on any atom is 0.274 e. The van der Waals surface area contributed by atoms with Crippen molar-refractivity contribution in [1.82, 2.24) is 10.2 Å². The second-order valence-corrected chi connectivity index (χ2v) is 14.6. The first-order valence-electron chi connectivity index (χ1n) is 15.7. The molecule has 1 N–H and O–H groups in total. The molecule has 1 saturated carbocycles. The normalized spacial score (nSPS) is 21.8. The third-order valence-corrected chi connectivity index (χ3v) is 10.4. The number of anilines is 1. The molecule has 5 rings (SSSR count). The van der Waals surface area contributed by atoms with Gasteiger partial charge < -0.3 is 29.2 Å². The monoisotopic (exact) mass is 657 g/mol. The summed E-state index contributed by atoms with van der Waals surface area (Å²) in [5, 5.41) is 2.86.